The number of hydrogen-bond acceptors (Lipinski definition) is 10. The molecule has 47 heavy (non-hydrogen) atoms. The summed E-state index contributed by atoms with van der Waals surface area (Å²) in [6, 6.07) is 18.4. The molecule has 2 aromatic carbocycles. The molecule has 0 aliphatic carbocycles. The van der Waals surface area contributed by atoms with Crippen molar-refractivity contribution >= 4 is 15.0 Å². The van der Waals surface area contributed by atoms with Crippen molar-refractivity contribution < 1.29 is 37.1 Å². The number of nitrogens with zero attached hydrogens (tertiary/aromatic N) is 2. The molecule has 13 nitrogen and oxygen atoms in total. The van der Waals surface area contributed by atoms with Crippen LogP contribution in [0.15, 0.2) is 76.4 Å². The van der Waals surface area contributed by atoms with E-state index in [2.05, 4.69) is 4.98 Å². The summed E-state index contributed by atoms with van der Waals surface area (Å²) in [4.78, 5) is 27.5. The maximum atomic E-state index is 15.2. The lowest BCUT2D eigenvalue weighted by molar-refractivity contribution is -0.123. The average molecular weight is 694 g/mol. The Bertz CT molecular complexity index is 1680. The van der Waals surface area contributed by atoms with Crippen molar-refractivity contribution in [2.45, 2.75) is 64.1 Å². The van der Waals surface area contributed by atoms with E-state index in [1.807, 2.05) is 60.7 Å². The highest BCUT2D eigenvalue weighted by atomic mass is 31.2. The Kier molecular flexibility index (Phi) is 12.4. The van der Waals surface area contributed by atoms with Gasteiger partial charge in [-0.3, -0.25) is 23.4 Å². The van der Waals surface area contributed by atoms with E-state index in [0.29, 0.717) is 0 Å². The highest BCUT2D eigenvalue weighted by Gasteiger charge is 2.57. The smallest absolute Gasteiger partial charge is 0.382 e. The lowest BCUT2D eigenvalue weighted by atomic mass is 9.95. The molecule has 0 bridgehead atoms. The van der Waals surface area contributed by atoms with Crippen molar-refractivity contribution in [3.63, 3.8) is 0 Å². The van der Waals surface area contributed by atoms with Crippen molar-refractivity contribution in [2.24, 2.45) is 0 Å². The average Bonchev–Trinajstić information content (AvgIpc) is 3.40. The van der Waals surface area contributed by atoms with Crippen molar-refractivity contribution in [1.82, 2.24) is 14.0 Å². The maximum Gasteiger partial charge on any atom is 0.415 e. The molecular weight excluding hydrogens is 648 g/mol. The lowest BCUT2D eigenvalue weighted by Crippen LogP contribution is -2.48. The van der Waals surface area contributed by atoms with Crippen molar-refractivity contribution in [3.8, 4) is 0 Å². The molecule has 1 fully saturated rings. The van der Waals surface area contributed by atoms with Crippen LogP contribution in [0.25, 0.3) is 0 Å². The maximum absolute atomic E-state index is 15.2. The minimum Gasteiger partial charge on any atom is -0.382 e. The molecular formula is C32H45N3O10P2. The van der Waals surface area contributed by atoms with E-state index in [1.54, 1.807) is 20.8 Å². The molecule has 1 aliphatic rings. The van der Waals surface area contributed by atoms with Gasteiger partial charge in [0.25, 0.3) is 5.56 Å². The fourth-order valence-corrected chi connectivity index (χ4v) is 9.89. The van der Waals surface area contributed by atoms with Gasteiger partial charge in [-0.25, -0.2) is 9.36 Å². The SMILES string of the molecule is COCCO[C@@H]1[C@H](OC)C(C(C)(C)OP(=O)(OCc2ccccc2)N(Cc2ccccc2)P(C)(C)=O)O[C@H]1n1cc(C)c(=O)[nH]c1=O. The van der Waals surface area contributed by atoms with E-state index in [0.717, 1.165) is 11.1 Å². The first-order chi connectivity index (χ1) is 22.2. The molecule has 0 radical (unpaired) electrons. The van der Waals surface area contributed by atoms with Crippen molar-refractivity contribution in [1.29, 1.82) is 0 Å². The third-order valence-corrected chi connectivity index (χ3v) is 12.8. The normalized spacial score (nSPS) is 21.6. The van der Waals surface area contributed by atoms with Gasteiger partial charge in [0.2, 0.25) is 0 Å². The third-order valence-electron chi connectivity index (χ3n) is 7.76. The second-order valence-electron chi connectivity index (χ2n) is 12.2. The molecule has 258 valence electrons. The van der Waals surface area contributed by atoms with Crippen molar-refractivity contribution in [2.75, 3.05) is 40.8 Å². The Morgan fingerprint density at radius 1 is 0.936 bits per heavy atom. The monoisotopic (exact) mass is 693 g/mol. The molecule has 1 aromatic heterocycles. The van der Waals surface area contributed by atoms with Crippen molar-refractivity contribution in [3.05, 3.63) is 104 Å². The third kappa shape index (κ3) is 9.06. The zero-order chi connectivity index (χ0) is 34.4. The summed E-state index contributed by atoms with van der Waals surface area (Å²) < 4.78 is 67.9. The van der Waals surface area contributed by atoms with Crippen LogP contribution in [-0.2, 0) is 50.3 Å². The molecule has 3 aromatic rings. The zero-order valence-corrected chi connectivity index (χ0v) is 29.6. The Labute approximate surface area is 275 Å². The van der Waals surface area contributed by atoms with Gasteiger partial charge in [-0.2, -0.15) is 4.44 Å². The molecule has 2 unspecified atom stereocenters. The molecule has 1 saturated heterocycles. The zero-order valence-electron chi connectivity index (χ0n) is 27.9. The number of H-pyrrole nitrogens is 1. The van der Waals surface area contributed by atoms with E-state index in [9.17, 15) is 14.2 Å². The van der Waals surface area contributed by atoms with Gasteiger partial charge in [0, 0.05) is 45.9 Å². The number of aryl methyl sites for hydroxylation is 1. The molecule has 0 amide bonds. The van der Waals surface area contributed by atoms with E-state index in [1.165, 1.54) is 42.8 Å². The minimum absolute atomic E-state index is 0.0178. The molecule has 5 atom stereocenters. The number of nitrogens with one attached hydrogen (secondary N) is 1. The quantitative estimate of drug-likeness (QED) is 0.161. The molecule has 15 heteroatoms. The Hall–Kier alpha value is -2.70. The summed E-state index contributed by atoms with van der Waals surface area (Å²) in [5.74, 6) is 0. The highest BCUT2D eigenvalue weighted by molar-refractivity contribution is 7.71. The fourth-order valence-electron chi connectivity index (χ4n) is 5.39. The van der Waals surface area contributed by atoms with Crippen LogP contribution in [0.5, 0.6) is 0 Å². The largest absolute Gasteiger partial charge is 0.415 e. The molecule has 0 saturated carbocycles. The van der Waals surface area contributed by atoms with Crippen LogP contribution in [0.4, 0.5) is 0 Å². The summed E-state index contributed by atoms with van der Waals surface area (Å²) in [5, 5.41) is 0. The Balaban J connectivity index is 1.76. The number of hydrogen-bond donors (Lipinski definition) is 1. The Morgan fingerprint density at radius 3 is 2.13 bits per heavy atom. The number of methoxy groups -OCH3 is 2. The van der Waals surface area contributed by atoms with Crippen LogP contribution in [0.2, 0.25) is 0 Å². The summed E-state index contributed by atoms with van der Waals surface area (Å²) in [7, 11) is -4.70. The standard InChI is InChI=1S/C32H45N3O10P2/c1-23-20-34(31(37)33-29(23)36)30-27(42-19-18-40-4)26(41-5)28(44-30)32(2,3)45-47(39,43-22-25-16-12-9-13-17-25)35(46(6,7)38)21-24-14-10-8-11-15-24/h8-17,20,26-28,30H,18-19,21-22H2,1-7H3,(H,33,36,37)/t26-,27+,28?,30+,47?/m0/s1. The first kappa shape index (κ1) is 37.1. The molecule has 2 heterocycles. The van der Waals surface area contributed by atoms with E-state index in [-0.39, 0.29) is 31.9 Å². The lowest BCUT2D eigenvalue weighted by Gasteiger charge is -2.40. The fraction of sp³-hybridized carbons (Fsp3) is 0.500. The van der Waals surface area contributed by atoms with Gasteiger partial charge in [-0.1, -0.05) is 60.7 Å². The van der Waals surface area contributed by atoms with Crippen LogP contribution in [0, 0.1) is 6.92 Å². The van der Waals surface area contributed by atoms with E-state index < -0.39 is 56.4 Å². The summed E-state index contributed by atoms with van der Waals surface area (Å²) in [6.45, 7) is 8.24. The summed E-state index contributed by atoms with van der Waals surface area (Å²) >= 11 is 0. The first-order valence-corrected chi connectivity index (χ1v) is 19.2. The van der Waals surface area contributed by atoms with Gasteiger partial charge in [-0.15, -0.1) is 0 Å². The van der Waals surface area contributed by atoms with Gasteiger partial charge in [0.1, 0.15) is 23.9 Å². The number of aromatic nitrogens is 2. The van der Waals surface area contributed by atoms with Crippen LogP contribution < -0.4 is 11.2 Å². The van der Waals surface area contributed by atoms with E-state index >= 15 is 4.57 Å². The highest BCUT2D eigenvalue weighted by Crippen LogP contribution is 2.67. The van der Waals surface area contributed by atoms with Gasteiger partial charge in [0.15, 0.2) is 13.5 Å². The topological polar surface area (TPSA) is 148 Å². The molecule has 1 aliphatic heterocycles. The van der Waals surface area contributed by atoms with Crippen LogP contribution in [0.3, 0.4) is 0 Å². The van der Waals surface area contributed by atoms with Crippen LogP contribution in [-0.4, -0.2) is 78.7 Å². The second-order valence-corrected chi connectivity index (χ2v) is 17.4. The molecule has 4 rings (SSSR count). The van der Waals surface area contributed by atoms with Gasteiger partial charge in [-0.05, 0) is 31.9 Å². The predicted octanol–water partition coefficient (Wildman–Crippen LogP) is 4.95. The summed E-state index contributed by atoms with van der Waals surface area (Å²) in [5.41, 5.74) is -0.897. The van der Waals surface area contributed by atoms with Crippen LogP contribution in [0.1, 0.15) is 36.8 Å². The minimum atomic E-state index is -4.40. The summed E-state index contributed by atoms with van der Waals surface area (Å²) in [6.07, 6.45) is -2.40. The second kappa shape index (κ2) is 15.7. The number of benzene rings is 2. The van der Waals surface area contributed by atoms with E-state index in [4.69, 9.17) is 28.0 Å². The Morgan fingerprint density at radius 2 is 1.55 bits per heavy atom. The number of aromatic amines is 1. The molecule has 0 spiro atoms. The predicted molar refractivity (Wildman–Crippen MR) is 178 cm³/mol. The van der Waals surface area contributed by atoms with Gasteiger partial charge < -0.3 is 23.5 Å². The van der Waals surface area contributed by atoms with Gasteiger partial charge >= 0.3 is 13.4 Å². The van der Waals surface area contributed by atoms with Gasteiger partial charge in [0.05, 0.1) is 19.8 Å². The number of rotatable bonds is 16. The van der Waals surface area contributed by atoms with Crippen LogP contribution >= 0.6 is 15.0 Å². The number of ether oxygens (including phenoxy) is 4. The first-order valence-electron chi connectivity index (χ1n) is 15.2. The molecule has 1 N–H and O–H groups in total.